The Balaban J connectivity index is 2.31. The molecule has 1 fully saturated rings. The van der Waals surface area contributed by atoms with Crippen LogP contribution in [0.2, 0.25) is 0 Å². The second-order valence-corrected chi connectivity index (χ2v) is 3.85. The number of morpholine rings is 1. The van der Waals surface area contributed by atoms with Crippen molar-refractivity contribution in [3.8, 4) is 0 Å². The van der Waals surface area contributed by atoms with Crippen molar-refractivity contribution in [2.45, 2.75) is 20.0 Å². The minimum Gasteiger partial charge on any atom is -0.375 e. The molecule has 0 spiro atoms. The molecule has 0 amide bonds. The highest BCUT2D eigenvalue weighted by molar-refractivity contribution is 4.84. The van der Waals surface area contributed by atoms with Crippen LogP contribution in [0.1, 0.15) is 13.8 Å². The van der Waals surface area contributed by atoms with Crippen LogP contribution in [0, 0.1) is 5.92 Å². The summed E-state index contributed by atoms with van der Waals surface area (Å²) in [5.41, 5.74) is 8.19. The summed E-state index contributed by atoms with van der Waals surface area (Å²) < 4.78 is 5.48. The zero-order valence-corrected chi connectivity index (χ0v) is 8.81. The van der Waals surface area contributed by atoms with Gasteiger partial charge in [-0.2, -0.15) is 0 Å². The summed E-state index contributed by atoms with van der Waals surface area (Å²) in [7, 11) is 0. The van der Waals surface area contributed by atoms with E-state index < -0.39 is 0 Å². The van der Waals surface area contributed by atoms with Crippen molar-refractivity contribution < 1.29 is 4.74 Å². The standard InChI is InChI=1S/C9H17N4O/c1-8(2)6-13-3-4-14-9(7-13)5-11-12-10/h9H,3-7H2,1-2H3/t9-/m0/s1. The lowest BCUT2D eigenvalue weighted by Crippen LogP contribution is -2.44. The summed E-state index contributed by atoms with van der Waals surface area (Å²) in [6.07, 6.45) is 0.0685. The lowest BCUT2D eigenvalue weighted by molar-refractivity contribution is -0.0213. The van der Waals surface area contributed by atoms with E-state index in [9.17, 15) is 0 Å². The van der Waals surface area contributed by atoms with Gasteiger partial charge in [-0.15, -0.1) is 0 Å². The van der Waals surface area contributed by atoms with Crippen LogP contribution in [0.3, 0.4) is 0 Å². The maximum absolute atomic E-state index is 8.19. The van der Waals surface area contributed by atoms with E-state index in [4.69, 9.17) is 10.3 Å². The van der Waals surface area contributed by atoms with E-state index in [2.05, 4.69) is 28.8 Å². The van der Waals surface area contributed by atoms with Crippen LogP contribution in [0.15, 0.2) is 5.11 Å². The molecule has 0 unspecified atom stereocenters. The lowest BCUT2D eigenvalue weighted by atomic mass is 10.2. The number of azide groups is 1. The number of rotatable bonds is 4. The van der Waals surface area contributed by atoms with Crippen LogP contribution in [0.25, 0.3) is 10.4 Å². The average Bonchev–Trinajstić information content (AvgIpc) is 2.14. The highest BCUT2D eigenvalue weighted by Crippen LogP contribution is 2.08. The molecule has 0 aromatic carbocycles. The molecule has 1 rings (SSSR count). The van der Waals surface area contributed by atoms with Gasteiger partial charge in [0.2, 0.25) is 0 Å². The van der Waals surface area contributed by atoms with Crippen LogP contribution in [-0.4, -0.2) is 43.8 Å². The molecule has 1 aliphatic heterocycles. The first-order valence-corrected chi connectivity index (χ1v) is 4.86. The number of ether oxygens (including phenoxy) is 1. The molecule has 0 aromatic rings. The molecule has 1 radical (unpaired) electrons. The van der Waals surface area contributed by atoms with E-state index >= 15 is 0 Å². The molecule has 1 saturated heterocycles. The van der Waals surface area contributed by atoms with Crippen molar-refractivity contribution in [3.63, 3.8) is 0 Å². The third kappa shape index (κ3) is 3.96. The van der Waals surface area contributed by atoms with Crippen molar-refractivity contribution in [1.82, 2.24) is 4.90 Å². The van der Waals surface area contributed by atoms with Gasteiger partial charge in [0.25, 0.3) is 0 Å². The van der Waals surface area contributed by atoms with Gasteiger partial charge < -0.3 is 4.74 Å². The molecule has 1 atom stereocenters. The summed E-state index contributed by atoms with van der Waals surface area (Å²) in [6.45, 7) is 8.27. The van der Waals surface area contributed by atoms with E-state index in [1.54, 1.807) is 0 Å². The van der Waals surface area contributed by atoms with Crippen LogP contribution in [0.4, 0.5) is 0 Å². The SMILES string of the molecule is C[C](C)CN1CCO[C@@H](CN=[N+]=[N-])C1. The molecule has 5 nitrogen and oxygen atoms in total. The monoisotopic (exact) mass is 197 g/mol. The Hall–Kier alpha value is -0.770. The predicted octanol–water partition coefficient (Wildman–Crippen LogP) is 1.61. The van der Waals surface area contributed by atoms with Crippen molar-refractivity contribution in [2.75, 3.05) is 32.8 Å². The fraction of sp³-hybridized carbons (Fsp3) is 0.889. The highest BCUT2D eigenvalue weighted by atomic mass is 16.5. The second-order valence-electron chi connectivity index (χ2n) is 3.85. The summed E-state index contributed by atoms with van der Waals surface area (Å²) >= 11 is 0. The Morgan fingerprint density at radius 1 is 1.64 bits per heavy atom. The number of hydrogen-bond donors (Lipinski definition) is 0. The van der Waals surface area contributed by atoms with Crippen molar-refractivity contribution in [1.29, 1.82) is 0 Å². The average molecular weight is 197 g/mol. The van der Waals surface area contributed by atoms with Gasteiger partial charge in [0.05, 0.1) is 19.3 Å². The second kappa shape index (κ2) is 5.86. The molecule has 0 aliphatic carbocycles. The summed E-state index contributed by atoms with van der Waals surface area (Å²) in [5.74, 6) is 1.40. The molecule has 0 bridgehead atoms. The van der Waals surface area contributed by atoms with Crippen LogP contribution in [0.5, 0.6) is 0 Å². The normalized spacial score (nSPS) is 23.5. The Bertz CT molecular complexity index is 213. The lowest BCUT2D eigenvalue weighted by Gasteiger charge is -2.33. The van der Waals surface area contributed by atoms with Crippen molar-refractivity contribution in [3.05, 3.63) is 16.4 Å². The highest BCUT2D eigenvalue weighted by Gasteiger charge is 2.19. The van der Waals surface area contributed by atoms with Crippen LogP contribution < -0.4 is 0 Å². The summed E-state index contributed by atoms with van der Waals surface area (Å²) in [4.78, 5) is 5.07. The van der Waals surface area contributed by atoms with Crippen LogP contribution >= 0.6 is 0 Å². The quantitative estimate of drug-likeness (QED) is 0.390. The molecule has 0 aromatic heterocycles. The van der Waals surface area contributed by atoms with Gasteiger partial charge in [-0.25, -0.2) is 0 Å². The third-order valence-corrected chi connectivity index (χ3v) is 2.11. The van der Waals surface area contributed by atoms with E-state index in [-0.39, 0.29) is 6.10 Å². The fourth-order valence-electron chi connectivity index (χ4n) is 1.61. The van der Waals surface area contributed by atoms with E-state index in [0.717, 1.165) is 26.2 Å². The van der Waals surface area contributed by atoms with Crippen molar-refractivity contribution >= 4 is 0 Å². The molecule has 14 heavy (non-hydrogen) atoms. The summed E-state index contributed by atoms with van der Waals surface area (Å²) in [5, 5.41) is 3.53. The molecule has 5 heteroatoms. The maximum Gasteiger partial charge on any atom is 0.0758 e. The molecule has 79 valence electrons. The largest absolute Gasteiger partial charge is 0.375 e. The maximum atomic E-state index is 8.19. The van der Waals surface area contributed by atoms with Crippen molar-refractivity contribution in [2.24, 2.45) is 5.11 Å². The number of hydrogen-bond acceptors (Lipinski definition) is 3. The topological polar surface area (TPSA) is 61.2 Å². The Labute approximate surface area is 84.7 Å². The molecule has 1 heterocycles. The van der Waals surface area contributed by atoms with Crippen LogP contribution in [-0.2, 0) is 4.74 Å². The van der Waals surface area contributed by atoms with E-state index in [0.29, 0.717) is 6.54 Å². The molecular weight excluding hydrogens is 180 g/mol. The predicted molar refractivity (Wildman–Crippen MR) is 54.8 cm³/mol. The third-order valence-electron chi connectivity index (χ3n) is 2.11. The first-order valence-electron chi connectivity index (χ1n) is 4.86. The smallest absolute Gasteiger partial charge is 0.0758 e. The molecule has 0 saturated carbocycles. The van der Waals surface area contributed by atoms with Gasteiger partial charge in [-0.05, 0) is 11.4 Å². The first-order chi connectivity index (χ1) is 6.72. The first kappa shape index (κ1) is 11.3. The Morgan fingerprint density at radius 2 is 2.43 bits per heavy atom. The van der Waals surface area contributed by atoms with Gasteiger partial charge >= 0.3 is 0 Å². The fourth-order valence-corrected chi connectivity index (χ4v) is 1.61. The number of nitrogens with zero attached hydrogens (tertiary/aromatic N) is 4. The zero-order valence-electron chi connectivity index (χ0n) is 8.81. The molecular formula is C9H17N4O. The van der Waals surface area contributed by atoms with E-state index in [1.807, 2.05) is 0 Å². The van der Waals surface area contributed by atoms with Gasteiger partial charge in [-0.1, -0.05) is 19.0 Å². The van der Waals surface area contributed by atoms with Gasteiger partial charge in [-0.3, -0.25) is 4.90 Å². The van der Waals surface area contributed by atoms with Gasteiger partial charge in [0, 0.05) is 24.5 Å². The molecule has 1 aliphatic rings. The van der Waals surface area contributed by atoms with Gasteiger partial charge in [0.15, 0.2) is 0 Å². The van der Waals surface area contributed by atoms with E-state index in [1.165, 1.54) is 5.92 Å². The minimum absolute atomic E-state index is 0.0685. The Kier molecular flexibility index (Phi) is 4.73. The zero-order chi connectivity index (χ0) is 10.4. The van der Waals surface area contributed by atoms with Gasteiger partial charge in [0.1, 0.15) is 0 Å². The Morgan fingerprint density at radius 3 is 3.07 bits per heavy atom. The minimum atomic E-state index is 0.0685. The summed E-state index contributed by atoms with van der Waals surface area (Å²) in [6, 6.07) is 0. The molecule has 0 N–H and O–H groups in total.